The van der Waals surface area contributed by atoms with Crippen LogP contribution in [0.5, 0.6) is 5.88 Å². The van der Waals surface area contributed by atoms with E-state index in [0.29, 0.717) is 35.2 Å². The Morgan fingerprint density at radius 2 is 1.80 bits per heavy atom. The van der Waals surface area contributed by atoms with Gasteiger partial charge in [-0.25, -0.2) is 9.37 Å². The molecule has 0 amide bonds. The lowest BCUT2D eigenvalue weighted by atomic mass is 9.82. The predicted octanol–water partition coefficient (Wildman–Crippen LogP) is 6.90. The van der Waals surface area contributed by atoms with Crippen molar-refractivity contribution < 1.29 is 24.1 Å². The number of nitrogens with zero attached hydrogens (tertiary/aromatic N) is 3. The minimum absolute atomic E-state index is 0.107. The number of piperidine rings is 1. The molecule has 1 fully saturated rings. The molecule has 3 heterocycles. The average Bonchev–Trinajstić information content (AvgIpc) is 2.85. The van der Waals surface area contributed by atoms with Gasteiger partial charge in [0.2, 0.25) is 5.88 Å². The molecule has 0 atom stereocenters. The summed E-state index contributed by atoms with van der Waals surface area (Å²) in [5, 5.41) is 18.5. The molecule has 1 aliphatic rings. The lowest BCUT2D eigenvalue weighted by molar-refractivity contribution is -0.136. The van der Waals surface area contributed by atoms with E-state index in [-0.39, 0.29) is 17.7 Å². The minimum atomic E-state index is -0.895. The van der Waals surface area contributed by atoms with Crippen LogP contribution in [0.1, 0.15) is 64.3 Å². The van der Waals surface area contributed by atoms with Gasteiger partial charge in [0, 0.05) is 54.3 Å². The minimum Gasteiger partial charge on any atom is -0.481 e. The van der Waals surface area contributed by atoms with E-state index in [1.165, 1.54) is 12.1 Å². The van der Waals surface area contributed by atoms with Gasteiger partial charge in [-0.1, -0.05) is 37.6 Å². The number of hydrogen-bond donors (Lipinski definition) is 2. The summed E-state index contributed by atoms with van der Waals surface area (Å²) in [6.45, 7) is 13.6. The second-order valence-electron chi connectivity index (χ2n) is 12.2. The van der Waals surface area contributed by atoms with Crippen molar-refractivity contribution in [3.05, 3.63) is 70.4 Å². The summed E-state index contributed by atoms with van der Waals surface area (Å²) in [4.78, 5) is 22.9. The molecule has 0 spiro atoms. The lowest BCUT2D eigenvalue weighted by Gasteiger charge is -2.40. The van der Waals surface area contributed by atoms with Crippen LogP contribution in [0.2, 0.25) is 5.02 Å². The first-order valence-corrected chi connectivity index (χ1v) is 14.2. The van der Waals surface area contributed by atoms with Crippen LogP contribution >= 0.6 is 11.6 Å². The maximum Gasteiger partial charge on any atom is 0.307 e. The monoisotopic (exact) mass is 585 g/mol. The van der Waals surface area contributed by atoms with Gasteiger partial charge in [-0.3, -0.25) is 9.78 Å². The van der Waals surface area contributed by atoms with Crippen LogP contribution in [-0.2, 0) is 17.6 Å². The molecule has 0 radical (unpaired) electrons. The van der Waals surface area contributed by atoms with Crippen molar-refractivity contribution in [2.45, 2.75) is 72.8 Å². The van der Waals surface area contributed by atoms with E-state index >= 15 is 0 Å². The number of anilines is 1. The van der Waals surface area contributed by atoms with Gasteiger partial charge in [0.1, 0.15) is 10.8 Å². The van der Waals surface area contributed by atoms with Gasteiger partial charge < -0.3 is 19.8 Å². The van der Waals surface area contributed by atoms with Crippen molar-refractivity contribution in [2.75, 3.05) is 24.6 Å². The number of aliphatic hydroxyl groups is 1. The van der Waals surface area contributed by atoms with Crippen molar-refractivity contribution in [2.24, 2.45) is 5.41 Å². The van der Waals surface area contributed by atoms with E-state index in [9.17, 15) is 14.3 Å². The highest BCUT2D eigenvalue weighted by atomic mass is 35.5. The number of benzene rings is 1. The number of ether oxygens (including phenoxy) is 1. The molecule has 2 N–H and O–H groups in total. The largest absolute Gasteiger partial charge is 0.481 e. The molecule has 0 unspecified atom stereocenters. The third kappa shape index (κ3) is 9.97. The summed E-state index contributed by atoms with van der Waals surface area (Å²) in [6.07, 6.45) is 5.89. The van der Waals surface area contributed by atoms with Crippen molar-refractivity contribution in [3.63, 3.8) is 0 Å². The van der Waals surface area contributed by atoms with E-state index in [2.05, 4.69) is 28.7 Å². The molecule has 1 saturated heterocycles. The Labute approximate surface area is 247 Å². The van der Waals surface area contributed by atoms with Gasteiger partial charge in [-0.2, -0.15) is 0 Å². The van der Waals surface area contributed by atoms with Crippen molar-refractivity contribution in [1.29, 1.82) is 0 Å². The number of hydrogen-bond acceptors (Lipinski definition) is 6. The summed E-state index contributed by atoms with van der Waals surface area (Å²) in [5.41, 5.74) is 4.44. The van der Waals surface area contributed by atoms with Crippen LogP contribution in [-0.4, -0.2) is 51.4 Å². The van der Waals surface area contributed by atoms with Crippen molar-refractivity contribution in [1.82, 2.24) is 9.97 Å². The topological polar surface area (TPSA) is 95.8 Å². The number of aliphatic carboxylic acids is 1. The predicted molar refractivity (Wildman–Crippen MR) is 161 cm³/mol. The number of carbonyl (C=O) groups is 1. The van der Waals surface area contributed by atoms with Crippen LogP contribution in [0, 0.1) is 18.2 Å². The van der Waals surface area contributed by atoms with Gasteiger partial charge in [0.05, 0.1) is 24.3 Å². The molecular weight excluding hydrogens is 545 g/mol. The van der Waals surface area contributed by atoms with Gasteiger partial charge in [-0.05, 0) is 69.7 Å². The molecule has 222 valence electrons. The fourth-order valence-corrected chi connectivity index (χ4v) is 4.76. The molecule has 3 aromatic rings. The molecular formula is C32H41ClFN3O4. The van der Waals surface area contributed by atoms with E-state index in [0.717, 1.165) is 48.3 Å². The molecule has 1 aromatic carbocycles. The highest BCUT2D eigenvalue weighted by Gasteiger charge is 2.29. The van der Waals surface area contributed by atoms with Crippen molar-refractivity contribution >= 4 is 23.3 Å². The molecule has 7 nitrogen and oxygen atoms in total. The van der Waals surface area contributed by atoms with E-state index < -0.39 is 11.6 Å². The Bertz CT molecular complexity index is 1340. The Morgan fingerprint density at radius 3 is 2.39 bits per heavy atom. The number of rotatable bonds is 8. The summed E-state index contributed by atoms with van der Waals surface area (Å²) in [5.74, 6) is -0.882. The smallest absolute Gasteiger partial charge is 0.307 e. The van der Waals surface area contributed by atoms with Gasteiger partial charge in [0.25, 0.3) is 0 Å². The Kier molecular flexibility index (Phi) is 10.7. The number of aromatic nitrogens is 2. The third-order valence-electron chi connectivity index (χ3n) is 6.76. The number of halogens is 2. The molecule has 0 bridgehead atoms. The molecule has 41 heavy (non-hydrogen) atoms. The van der Waals surface area contributed by atoms with E-state index in [4.69, 9.17) is 21.4 Å². The first-order chi connectivity index (χ1) is 19.1. The molecule has 9 heteroatoms. The van der Waals surface area contributed by atoms with Crippen LogP contribution in [0.25, 0.3) is 11.1 Å². The molecule has 4 rings (SSSR count). The average molecular weight is 586 g/mol. The Balaban J connectivity index is 0.000000850. The number of pyridine rings is 2. The molecule has 1 aliphatic heterocycles. The normalized spacial score (nSPS) is 14.7. The highest BCUT2D eigenvalue weighted by molar-refractivity contribution is 6.32. The zero-order valence-electron chi connectivity index (χ0n) is 24.8. The summed E-state index contributed by atoms with van der Waals surface area (Å²) in [6, 6.07) is 8.17. The fourth-order valence-electron chi connectivity index (χ4n) is 4.54. The standard InChI is InChI=1S/C28H31ClFN3O3.C4H10O/c1-18-22(15-25(34)35)26(33-10-8-28(2,3)9-11-33)23(17-31-18)20-14-24(29)27(32-16-20)36-12-7-19-5-4-6-21(30)13-19;1-4(2,3)5/h4-6,13-14,16-17H,7-12,15H2,1-3H3,(H,34,35);5H,1-3H3. The van der Waals surface area contributed by atoms with Crippen LogP contribution in [0.4, 0.5) is 10.1 Å². The molecule has 0 aliphatic carbocycles. The number of aryl methyl sites for hydroxylation is 1. The molecule has 2 aromatic heterocycles. The fraction of sp³-hybridized carbons (Fsp3) is 0.469. The number of carboxylic acid groups (broad SMARTS) is 1. The quantitative estimate of drug-likeness (QED) is 0.297. The summed E-state index contributed by atoms with van der Waals surface area (Å²) >= 11 is 6.54. The lowest BCUT2D eigenvalue weighted by Crippen LogP contribution is -2.38. The van der Waals surface area contributed by atoms with E-state index in [1.54, 1.807) is 45.3 Å². The summed E-state index contributed by atoms with van der Waals surface area (Å²) < 4.78 is 19.2. The highest BCUT2D eigenvalue weighted by Crippen LogP contribution is 2.40. The van der Waals surface area contributed by atoms with Crippen LogP contribution < -0.4 is 9.64 Å². The van der Waals surface area contributed by atoms with E-state index in [1.807, 2.05) is 13.0 Å². The second-order valence-corrected chi connectivity index (χ2v) is 12.6. The van der Waals surface area contributed by atoms with Gasteiger partial charge in [-0.15, -0.1) is 0 Å². The maximum atomic E-state index is 13.4. The van der Waals surface area contributed by atoms with Gasteiger partial charge >= 0.3 is 5.97 Å². The Hall–Kier alpha value is -3.23. The van der Waals surface area contributed by atoms with Crippen LogP contribution in [0.3, 0.4) is 0 Å². The SMILES string of the molecule is CC(C)(C)O.Cc1ncc(-c2cnc(OCCc3cccc(F)c3)c(Cl)c2)c(N2CCC(C)(C)CC2)c1CC(=O)O. The van der Waals surface area contributed by atoms with Gasteiger partial charge in [0.15, 0.2) is 0 Å². The Morgan fingerprint density at radius 1 is 1.15 bits per heavy atom. The summed E-state index contributed by atoms with van der Waals surface area (Å²) in [7, 11) is 0. The first kappa shape index (κ1) is 32.3. The maximum absolute atomic E-state index is 13.4. The van der Waals surface area contributed by atoms with Crippen molar-refractivity contribution in [3.8, 4) is 17.0 Å². The van der Waals surface area contributed by atoms with Crippen LogP contribution in [0.15, 0.2) is 42.7 Å². The number of carboxylic acids is 1. The first-order valence-electron chi connectivity index (χ1n) is 13.8. The molecule has 0 saturated carbocycles. The third-order valence-corrected chi connectivity index (χ3v) is 7.03. The second kappa shape index (κ2) is 13.6. The zero-order chi connectivity index (χ0) is 30.4. The zero-order valence-corrected chi connectivity index (χ0v) is 25.6.